The van der Waals surface area contributed by atoms with Crippen LogP contribution in [0.4, 0.5) is 0 Å². The van der Waals surface area contributed by atoms with Gasteiger partial charge in [-0.2, -0.15) is 0 Å². The topological polar surface area (TPSA) is 35.2 Å². The Labute approximate surface area is 85.1 Å². The molecule has 0 amide bonds. The molecule has 0 fully saturated rings. The fourth-order valence-corrected chi connectivity index (χ4v) is 1.84. The van der Waals surface area contributed by atoms with Crippen molar-refractivity contribution in [2.24, 2.45) is 11.7 Å². The smallest absolute Gasteiger partial charge is 0.122 e. The van der Waals surface area contributed by atoms with Gasteiger partial charge < -0.3 is 10.5 Å². The van der Waals surface area contributed by atoms with Gasteiger partial charge in [-0.15, -0.1) is 0 Å². The van der Waals surface area contributed by atoms with E-state index in [1.54, 1.807) is 0 Å². The lowest BCUT2D eigenvalue weighted by Gasteiger charge is -2.27. The molecule has 76 valence electrons. The predicted molar refractivity (Wildman–Crippen MR) is 57.5 cm³/mol. The van der Waals surface area contributed by atoms with Crippen molar-refractivity contribution in [1.82, 2.24) is 0 Å². The Kier molecular flexibility index (Phi) is 2.46. The van der Waals surface area contributed by atoms with Gasteiger partial charge in [0.05, 0.1) is 6.61 Å². The van der Waals surface area contributed by atoms with Crippen molar-refractivity contribution in [3.63, 3.8) is 0 Å². The highest BCUT2D eigenvalue weighted by Crippen LogP contribution is 2.28. The van der Waals surface area contributed by atoms with E-state index in [-0.39, 0.29) is 6.04 Å². The van der Waals surface area contributed by atoms with Gasteiger partial charge >= 0.3 is 0 Å². The summed E-state index contributed by atoms with van der Waals surface area (Å²) in [6.45, 7) is 4.89. The number of ether oxygens (including phenoxy) is 1. The van der Waals surface area contributed by atoms with Crippen molar-refractivity contribution in [2.45, 2.75) is 26.3 Å². The van der Waals surface area contributed by atoms with Gasteiger partial charge in [-0.25, -0.2) is 0 Å². The van der Waals surface area contributed by atoms with Crippen LogP contribution in [0.5, 0.6) is 5.75 Å². The molecule has 14 heavy (non-hydrogen) atoms. The summed E-state index contributed by atoms with van der Waals surface area (Å²) in [7, 11) is 0. The molecule has 0 saturated heterocycles. The summed E-state index contributed by atoms with van der Waals surface area (Å²) in [5, 5.41) is 0. The number of nitrogens with two attached hydrogens (primary N) is 1. The fraction of sp³-hybridized carbons (Fsp3) is 0.500. The molecule has 2 atom stereocenters. The molecular formula is C12H17NO. The zero-order valence-corrected chi connectivity index (χ0v) is 8.79. The molecule has 2 nitrogen and oxygen atoms in total. The molecule has 1 aromatic rings. The average Bonchev–Trinajstić information content (AvgIpc) is 2.16. The Morgan fingerprint density at radius 3 is 3.00 bits per heavy atom. The molecule has 1 aliphatic rings. The first-order chi connectivity index (χ1) is 6.66. The Hall–Kier alpha value is -1.02. The molecule has 1 aromatic carbocycles. The highest BCUT2D eigenvalue weighted by Gasteiger charge is 2.22. The maximum Gasteiger partial charge on any atom is 0.122 e. The van der Waals surface area contributed by atoms with Crippen LogP contribution in [-0.2, 0) is 6.42 Å². The summed E-state index contributed by atoms with van der Waals surface area (Å²) in [6.07, 6.45) is 1.05. The summed E-state index contributed by atoms with van der Waals surface area (Å²) >= 11 is 0. The minimum absolute atomic E-state index is 0.212. The Morgan fingerprint density at radius 1 is 1.50 bits per heavy atom. The van der Waals surface area contributed by atoms with E-state index in [0.717, 1.165) is 18.8 Å². The third-order valence-corrected chi connectivity index (χ3v) is 2.90. The van der Waals surface area contributed by atoms with Gasteiger partial charge in [0, 0.05) is 12.0 Å². The minimum atomic E-state index is 0.212. The van der Waals surface area contributed by atoms with Crippen LogP contribution in [-0.4, -0.2) is 12.6 Å². The van der Waals surface area contributed by atoms with Crippen molar-refractivity contribution in [3.05, 3.63) is 29.3 Å². The molecule has 0 radical (unpaired) electrons. The van der Waals surface area contributed by atoms with Crippen LogP contribution >= 0.6 is 0 Å². The van der Waals surface area contributed by atoms with Gasteiger partial charge in [0.1, 0.15) is 5.75 Å². The molecule has 1 heterocycles. The van der Waals surface area contributed by atoms with Crippen LogP contribution in [0.25, 0.3) is 0 Å². The van der Waals surface area contributed by atoms with Gasteiger partial charge in [0.2, 0.25) is 0 Å². The summed E-state index contributed by atoms with van der Waals surface area (Å²) in [5.74, 6) is 1.51. The maximum absolute atomic E-state index is 5.87. The second kappa shape index (κ2) is 3.62. The summed E-state index contributed by atoms with van der Waals surface area (Å²) < 4.78 is 5.70. The Balaban J connectivity index is 2.23. The van der Waals surface area contributed by atoms with E-state index < -0.39 is 0 Å². The number of fused-ring (bicyclic) bond motifs is 1. The number of aryl methyl sites for hydroxylation is 1. The third kappa shape index (κ3) is 1.75. The normalized spacial score (nSPS) is 22.4. The molecule has 0 aliphatic carbocycles. The number of benzene rings is 1. The first-order valence-corrected chi connectivity index (χ1v) is 5.14. The second-order valence-electron chi connectivity index (χ2n) is 4.25. The molecule has 2 rings (SSSR count). The lowest BCUT2D eigenvalue weighted by molar-refractivity contribution is 0.204. The molecule has 0 spiro atoms. The summed E-state index contributed by atoms with van der Waals surface area (Å²) in [5.41, 5.74) is 8.42. The van der Waals surface area contributed by atoms with Crippen molar-refractivity contribution in [3.8, 4) is 5.75 Å². The number of hydrogen-bond donors (Lipinski definition) is 1. The molecule has 0 bridgehead atoms. The zero-order valence-electron chi connectivity index (χ0n) is 8.79. The van der Waals surface area contributed by atoms with E-state index in [9.17, 15) is 0 Å². The Bertz CT molecular complexity index is 333. The lowest BCUT2D eigenvalue weighted by Crippen LogP contribution is -2.35. The van der Waals surface area contributed by atoms with Crippen molar-refractivity contribution in [1.29, 1.82) is 0 Å². The first kappa shape index (κ1) is 9.53. The van der Waals surface area contributed by atoms with Crippen LogP contribution in [0.15, 0.2) is 18.2 Å². The van der Waals surface area contributed by atoms with E-state index in [2.05, 4.69) is 25.1 Å². The standard InChI is InChI=1S/C12H17NO/c1-8-3-4-10-6-11(9(2)13)7-14-12(10)5-8/h3-5,9,11H,6-7,13H2,1-2H3/t9-,11?/m0/s1. The van der Waals surface area contributed by atoms with Gasteiger partial charge in [0.25, 0.3) is 0 Å². The molecule has 2 N–H and O–H groups in total. The van der Waals surface area contributed by atoms with Crippen molar-refractivity contribution >= 4 is 0 Å². The average molecular weight is 191 g/mol. The monoisotopic (exact) mass is 191 g/mol. The molecule has 0 aromatic heterocycles. The highest BCUT2D eigenvalue weighted by molar-refractivity contribution is 5.38. The molecular weight excluding hydrogens is 174 g/mol. The molecule has 0 saturated carbocycles. The fourth-order valence-electron chi connectivity index (χ4n) is 1.84. The molecule has 2 heteroatoms. The number of rotatable bonds is 1. The number of hydrogen-bond acceptors (Lipinski definition) is 2. The van der Waals surface area contributed by atoms with E-state index in [4.69, 9.17) is 10.5 Å². The SMILES string of the molecule is Cc1ccc2c(c1)OCC([C@H](C)N)C2. The van der Waals surface area contributed by atoms with E-state index in [1.165, 1.54) is 11.1 Å². The summed E-state index contributed by atoms with van der Waals surface area (Å²) in [4.78, 5) is 0. The predicted octanol–water partition coefficient (Wildman–Crippen LogP) is 1.89. The molecule has 1 aliphatic heterocycles. The first-order valence-electron chi connectivity index (χ1n) is 5.14. The molecule has 1 unspecified atom stereocenters. The van der Waals surface area contributed by atoms with Gasteiger partial charge in [-0.3, -0.25) is 0 Å². The minimum Gasteiger partial charge on any atom is -0.493 e. The third-order valence-electron chi connectivity index (χ3n) is 2.90. The van der Waals surface area contributed by atoms with Crippen LogP contribution in [0, 0.1) is 12.8 Å². The van der Waals surface area contributed by atoms with Gasteiger partial charge in [-0.1, -0.05) is 12.1 Å². The second-order valence-corrected chi connectivity index (χ2v) is 4.25. The highest BCUT2D eigenvalue weighted by atomic mass is 16.5. The van der Waals surface area contributed by atoms with Crippen LogP contribution < -0.4 is 10.5 Å². The summed E-state index contributed by atoms with van der Waals surface area (Å²) in [6, 6.07) is 6.60. The van der Waals surface area contributed by atoms with Crippen LogP contribution in [0.1, 0.15) is 18.1 Å². The maximum atomic E-state index is 5.87. The Morgan fingerprint density at radius 2 is 2.29 bits per heavy atom. The van der Waals surface area contributed by atoms with Crippen molar-refractivity contribution < 1.29 is 4.74 Å². The van der Waals surface area contributed by atoms with Crippen LogP contribution in [0.2, 0.25) is 0 Å². The van der Waals surface area contributed by atoms with Crippen LogP contribution in [0.3, 0.4) is 0 Å². The van der Waals surface area contributed by atoms with Gasteiger partial charge in [-0.05, 0) is 37.5 Å². The quantitative estimate of drug-likeness (QED) is 0.735. The van der Waals surface area contributed by atoms with E-state index >= 15 is 0 Å². The van der Waals surface area contributed by atoms with E-state index in [0.29, 0.717) is 5.92 Å². The zero-order chi connectivity index (χ0) is 10.1. The van der Waals surface area contributed by atoms with E-state index in [1.807, 2.05) is 6.92 Å². The lowest BCUT2D eigenvalue weighted by atomic mass is 9.91. The largest absolute Gasteiger partial charge is 0.493 e. The van der Waals surface area contributed by atoms with Gasteiger partial charge in [0.15, 0.2) is 0 Å². The van der Waals surface area contributed by atoms with Crippen molar-refractivity contribution in [2.75, 3.05) is 6.61 Å².